The van der Waals surface area contributed by atoms with Crippen molar-refractivity contribution in [2.75, 3.05) is 13.1 Å². The average molecular weight is 293 g/mol. The molecule has 0 aliphatic carbocycles. The number of amides is 1. The Morgan fingerprint density at radius 3 is 3.05 bits per heavy atom. The molecule has 0 aliphatic heterocycles. The molecule has 2 aromatic heterocycles. The fourth-order valence-electron chi connectivity index (χ4n) is 1.81. The number of carbonyl (C=O) groups is 1. The highest BCUT2D eigenvalue weighted by Crippen LogP contribution is 2.23. The van der Waals surface area contributed by atoms with Crippen LogP contribution in [-0.4, -0.2) is 24.0 Å². The third kappa shape index (κ3) is 3.91. The maximum absolute atomic E-state index is 11.8. The van der Waals surface area contributed by atoms with Gasteiger partial charge in [-0.15, -0.1) is 0 Å². The predicted molar refractivity (Wildman–Crippen MR) is 79.6 cm³/mol. The van der Waals surface area contributed by atoms with Crippen molar-refractivity contribution >= 4 is 17.2 Å². The van der Waals surface area contributed by atoms with Crippen molar-refractivity contribution in [1.82, 2.24) is 10.3 Å². The minimum absolute atomic E-state index is 0.0321. The second kappa shape index (κ2) is 7.21. The second-order valence-corrected chi connectivity index (χ2v) is 5.34. The summed E-state index contributed by atoms with van der Waals surface area (Å²) in [5.41, 5.74) is 7.05. The van der Waals surface area contributed by atoms with E-state index in [9.17, 15) is 4.79 Å². The Kier molecular flexibility index (Phi) is 5.31. The number of aromatic nitrogens is 1. The Labute approximate surface area is 122 Å². The van der Waals surface area contributed by atoms with Gasteiger partial charge in [0.25, 0.3) is 0 Å². The highest BCUT2D eigenvalue weighted by Gasteiger charge is 2.14. The summed E-state index contributed by atoms with van der Waals surface area (Å²) in [4.78, 5) is 16.2. The Balaban J connectivity index is 1.91. The van der Waals surface area contributed by atoms with Crippen LogP contribution in [0.2, 0.25) is 0 Å². The molecule has 20 heavy (non-hydrogen) atoms. The van der Waals surface area contributed by atoms with Gasteiger partial charge in [-0.05, 0) is 37.8 Å². The van der Waals surface area contributed by atoms with Crippen LogP contribution in [0, 0.1) is 6.92 Å². The molecule has 6 heteroatoms. The molecule has 0 saturated heterocycles. The number of carbonyl (C=O) groups excluding carboxylic acids is 1. The number of rotatable bonds is 7. The van der Waals surface area contributed by atoms with Crippen LogP contribution in [0.1, 0.15) is 24.3 Å². The number of hydrogen-bond donors (Lipinski definition) is 2. The van der Waals surface area contributed by atoms with E-state index in [2.05, 4.69) is 10.3 Å². The van der Waals surface area contributed by atoms with Gasteiger partial charge in [0, 0.05) is 17.5 Å². The van der Waals surface area contributed by atoms with E-state index in [1.165, 1.54) is 0 Å². The summed E-state index contributed by atoms with van der Waals surface area (Å²) in [6.45, 7) is 3.15. The van der Waals surface area contributed by atoms with Gasteiger partial charge in [0.05, 0.1) is 12.1 Å². The van der Waals surface area contributed by atoms with E-state index in [1.807, 2.05) is 23.8 Å². The van der Waals surface area contributed by atoms with Crippen LogP contribution in [0.3, 0.4) is 0 Å². The molecule has 3 N–H and O–H groups in total. The summed E-state index contributed by atoms with van der Waals surface area (Å²) in [5, 5.41) is 6.81. The lowest BCUT2D eigenvalue weighted by molar-refractivity contribution is -0.120. The van der Waals surface area contributed by atoms with Crippen molar-refractivity contribution in [2.24, 2.45) is 5.73 Å². The molecule has 2 heterocycles. The summed E-state index contributed by atoms with van der Waals surface area (Å²) in [6, 6.07) is 1.95. The first kappa shape index (κ1) is 14.7. The molecular weight excluding hydrogens is 274 g/mol. The van der Waals surface area contributed by atoms with Gasteiger partial charge >= 0.3 is 0 Å². The van der Waals surface area contributed by atoms with Crippen molar-refractivity contribution in [3.8, 4) is 11.5 Å². The van der Waals surface area contributed by atoms with Gasteiger partial charge in [-0.25, -0.2) is 4.98 Å². The predicted octanol–water partition coefficient (Wildman–Crippen LogP) is 2.11. The third-order valence-electron chi connectivity index (χ3n) is 2.94. The number of nitrogens with one attached hydrogen (secondary N) is 1. The first-order chi connectivity index (χ1) is 9.70. The van der Waals surface area contributed by atoms with Crippen LogP contribution in [0.15, 0.2) is 21.2 Å². The zero-order chi connectivity index (χ0) is 14.4. The molecular formula is C14H19N3O2S. The van der Waals surface area contributed by atoms with Crippen molar-refractivity contribution in [3.05, 3.63) is 28.3 Å². The van der Waals surface area contributed by atoms with Crippen LogP contribution in [0.25, 0.3) is 11.5 Å². The number of aryl methyl sites for hydroxylation is 1. The molecule has 1 amide bonds. The van der Waals surface area contributed by atoms with Crippen LogP contribution in [-0.2, 0) is 11.2 Å². The molecule has 0 aromatic carbocycles. The Hall–Kier alpha value is -1.66. The zero-order valence-corrected chi connectivity index (χ0v) is 12.3. The fraction of sp³-hybridized carbons (Fsp3) is 0.429. The molecule has 2 rings (SSSR count). The Morgan fingerprint density at radius 2 is 2.35 bits per heavy atom. The minimum Gasteiger partial charge on any atom is -0.441 e. The first-order valence-corrected chi connectivity index (χ1v) is 7.60. The van der Waals surface area contributed by atoms with Crippen LogP contribution in [0.4, 0.5) is 0 Å². The maximum atomic E-state index is 11.8. The van der Waals surface area contributed by atoms with Gasteiger partial charge in [-0.3, -0.25) is 4.79 Å². The van der Waals surface area contributed by atoms with E-state index in [4.69, 9.17) is 10.2 Å². The van der Waals surface area contributed by atoms with Crippen molar-refractivity contribution in [2.45, 2.75) is 26.2 Å². The lowest BCUT2D eigenvalue weighted by Crippen LogP contribution is -2.26. The Morgan fingerprint density at radius 1 is 1.50 bits per heavy atom. The summed E-state index contributed by atoms with van der Waals surface area (Å²) in [5.74, 6) is 1.24. The normalized spacial score (nSPS) is 10.7. The smallest absolute Gasteiger partial charge is 0.227 e. The SMILES string of the molecule is Cc1oc(-c2ccsc2)nc1CC(=O)NCCCCN. The van der Waals surface area contributed by atoms with Gasteiger partial charge < -0.3 is 15.5 Å². The first-order valence-electron chi connectivity index (χ1n) is 6.66. The van der Waals surface area contributed by atoms with Crippen molar-refractivity contribution in [3.63, 3.8) is 0 Å². The number of nitrogens with two attached hydrogens (primary N) is 1. The topological polar surface area (TPSA) is 81.2 Å². The fourth-order valence-corrected chi connectivity index (χ4v) is 2.44. The molecule has 5 nitrogen and oxygen atoms in total. The monoisotopic (exact) mass is 293 g/mol. The third-order valence-corrected chi connectivity index (χ3v) is 3.63. The Bertz CT molecular complexity index is 549. The molecule has 0 fully saturated rings. The van der Waals surface area contributed by atoms with E-state index < -0.39 is 0 Å². The highest BCUT2D eigenvalue weighted by molar-refractivity contribution is 7.08. The van der Waals surface area contributed by atoms with Gasteiger partial charge in [0.15, 0.2) is 0 Å². The number of oxazole rings is 1. The second-order valence-electron chi connectivity index (χ2n) is 4.56. The van der Waals surface area contributed by atoms with Gasteiger partial charge in [-0.1, -0.05) is 0 Å². The molecule has 0 atom stereocenters. The van der Waals surface area contributed by atoms with Gasteiger partial charge in [-0.2, -0.15) is 11.3 Å². The van der Waals surface area contributed by atoms with E-state index in [-0.39, 0.29) is 12.3 Å². The molecule has 0 spiro atoms. The molecule has 0 radical (unpaired) electrons. The molecule has 0 saturated carbocycles. The molecule has 108 valence electrons. The quantitative estimate of drug-likeness (QED) is 0.766. The van der Waals surface area contributed by atoms with E-state index in [0.29, 0.717) is 30.4 Å². The summed E-state index contributed by atoms with van der Waals surface area (Å²) in [6.07, 6.45) is 2.08. The van der Waals surface area contributed by atoms with Crippen LogP contribution >= 0.6 is 11.3 Å². The zero-order valence-electron chi connectivity index (χ0n) is 11.5. The van der Waals surface area contributed by atoms with Crippen LogP contribution < -0.4 is 11.1 Å². The molecule has 0 bridgehead atoms. The minimum atomic E-state index is -0.0321. The standard InChI is InChI=1S/C14H19N3O2S/c1-10-12(8-13(18)16-6-3-2-5-15)17-14(19-10)11-4-7-20-9-11/h4,7,9H,2-3,5-6,8,15H2,1H3,(H,16,18). The highest BCUT2D eigenvalue weighted by atomic mass is 32.1. The van der Waals surface area contributed by atoms with Crippen LogP contribution in [0.5, 0.6) is 0 Å². The summed E-state index contributed by atoms with van der Waals surface area (Å²) < 4.78 is 5.60. The average Bonchev–Trinajstić information content (AvgIpc) is 3.05. The van der Waals surface area contributed by atoms with Gasteiger partial charge in [0.1, 0.15) is 5.76 Å². The lowest BCUT2D eigenvalue weighted by atomic mass is 10.2. The molecule has 0 unspecified atom stereocenters. The van der Waals surface area contributed by atoms with E-state index in [0.717, 1.165) is 18.4 Å². The number of nitrogens with zero attached hydrogens (tertiary/aromatic N) is 1. The van der Waals surface area contributed by atoms with Crippen molar-refractivity contribution < 1.29 is 9.21 Å². The van der Waals surface area contributed by atoms with E-state index in [1.54, 1.807) is 11.3 Å². The van der Waals surface area contributed by atoms with Crippen molar-refractivity contribution in [1.29, 1.82) is 0 Å². The number of unbranched alkanes of at least 4 members (excludes halogenated alkanes) is 1. The molecule has 0 aliphatic rings. The number of hydrogen-bond acceptors (Lipinski definition) is 5. The number of thiophene rings is 1. The summed E-state index contributed by atoms with van der Waals surface area (Å²) >= 11 is 1.59. The maximum Gasteiger partial charge on any atom is 0.227 e. The molecule has 2 aromatic rings. The lowest BCUT2D eigenvalue weighted by Gasteiger charge is -2.03. The van der Waals surface area contributed by atoms with Gasteiger partial charge in [0.2, 0.25) is 11.8 Å². The summed E-state index contributed by atoms with van der Waals surface area (Å²) in [7, 11) is 0. The van der Waals surface area contributed by atoms with E-state index >= 15 is 0 Å². The largest absolute Gasteiger partial charge is 0.441 e.